The molecule has 230 valence electrons. The Hall–Kier alpha value is -3.71. The number of anilines is 1. The van der Waals surface area contributed by atoms with Gasteiger partial charge in [-0.05, 0) is 70.0 Å². The van der Waals surface area contributed by atoms with Crippen molar-refractivity contribution in [3.8, 4) is 5.75 Å². The molecule has 5 rings (SSSR count). The number of benzene rings is 1. The van der Waals surface area contributed by atoms with E-state index in [1.807, 2.05) is 25.1 Å². The van der Waals surface area contributed by atoms with Crippen LogP contribution in [0.4, 0.5) is 5.69 Å². The standard InChI is InChI=1S/C31H38N4O7S/c1-13-7-17(43-14(13)2)12-33-11-16-10-20(34(3)4)18-8-15-9-19-24(35(5)6)27(38)23(30(32)41)29(40)31(19,42)28(39)21(15)26(37)22(18)25(16)36/h7,10,15,19,24,33,36,38-39,42H,8-9,11-12H2,1-6H3,(H2,32,41). The molecule has 11 nitrogen and oxygen atoms in total. The lowest BCUT2D eigenvalue weighted by Crippen LogP contribution is -2.63. The number of aromatic hydroxyl groups is 1. The van der Waals surface area contributed by atoms with Gasteiger partial charge < -0.3 is 36.4 Å². The normalized spacial score (nSPS) is 25.2. The number of nitrogens with two attached hydrogens (primary N) is 1. The smallest absolute Gasteiger partial charge is 0.255 e. The fraction of sp³-hybridized carbons (Fsp3) is 0.452. The molecule has 4 unspecified atom stereocenters. The molecule has 0 fully saturated rings. The number of likely N-dealkylation sites (N-methyl/N-ethyl adjacent to an activating group) is 1. The minimum Gasteiger partial charge on any atom is -0.510 e. The zero-order chi connectivity index (χ0) is 31.7. The SMILES string of the molecule is Cc1cc(CNCc2cc(N(C)C)c3c(c2O)C(=O)C2=C(O)C4(O)C(=O)C(C(N)=O)=C(O)C(N(C)C)C4CC2C3)sc1C. The third-order valence-corrected chi connectivity index (χ3v) is 10.2. The zero-order valence-corrected chi connectivity index (χ0v) is 25.9. The maximum absolute atomic E-state index is 14.2. The van der Waals surface area contributed by atoms with Crippen molar-refractivity contribution >= 4 is 34.5 Å². The molecule has 3 aliphatic rings. The lowest BCUT2D eigenvalue weighted by Gasteiger charge is -2.50. The zero-order valence-electron chi connectivity index (χ0n) is 25.1. The van der Waals surface area contributed by atoms with E-state index >= 15 is 0 Å². The predicted molar refractivity (Wildman–Crippen MR) is 162 cm³/mol. The third kappa shape index (κ3) is 4.64. The molecular formula is C31H38N4O7S. The summed E-state index contributed by atoms with van der Waals surface area (Å²) in [6.45, 7) is 4.95. The van der Waals surface area contributed by atoms with Crippen molar-refractivity contribution in [1.29, 1.82) is 0 Å². The molecule has 1 amide bonds. The number of phenols is 1. The number of aliphatic hydroxyl groups is 3. The summed E-state index contributed by atoms with van der Waals surface area (Å²) >= 11 is 1.69. The summed E-state index contributed by atoms with van der Waals surface area (Å²) in [6.07, 6.45) is 0.277. The van der Waals surface area contributed by atoms with Crippen molar-refractivity contribution in [3.63, 3.8) is 0 Å². The van der Waals surface area contributed by atoms with Gasteiger partial charge in [0.2, 0.25) is 5.78 Å². The van der Waals surface area contributed by atoms with E-state index in [1.165, 1.54) is 15.3 Å². The summed E-state index contributed by atoms with van der Waals surface area (Å²) in [7, 11) is 6.88. The highest BCUT2D eigenvalue weighted by molar-refractivity contribution is 7.12. The first-order valence-electron chi connectivity index (χ1n) is 14.1. The number of hydrogen-bond donors (Lipinski definition) is 6. The highest BCUT2D eigenvalue weighted by Gasteiger charge is 2.63. The van der Waals surface area contributed by atoms with E-state index in [4.69, 9.17) is 5.73 Å². The second-order valence-electron chi connectivity index (χ2n) is 12.2. The van der Waals surface area contributed by atoms with Gasteiger partial charge in [-0.3, -0.25) is 19.3 Å². The number of phenolic OH excluding ortho intramolecular Hbond substituents is 1. The number of hydrogen-bond acceptors (Lipinski definition) is 11. The first-order chi connectivity index (χ1) is 20.1. The van der Waals surface area contributed by atoms with Gasteiger partial charge >= 0.3 is 0 Å². The number of carbonyl (C=O) groups excluding carboxylic acids is 3. The number of allylic oxidation sites excluding steroid dienone is 1. The molecule has 43 heavy (non-hydrogen) atoms. The van der Waals surface area contributed by atoms with Crippen LogP contribution in [0.5, 0.6) is 5.75 Å². The summed E-state index contributed by atoms with van der Waals surface area (Å²) in [4.78, 5) is 45.6. The van der Waals surface area contributed by atoms with Crippen LogP contribution in [0.2, 0.25) is 0 Å². The fourth-order valence-corrected chi connectivity index (χ4v) is 7.97. The van der Waals surface area contributed by atoms with Crippen molar-refractivity contribution < 1.29 is 34.8 Å². The molecule has 2 aromatic rings. The van der Waals surface area contributed by atoms with Crippen LogP contribution < -0.4 is 16.0 Å². The predicted octanol–water partition coefficient (Wildman–Crippen LogP) is 2.15. The first-order valence-corrected chi connectivity index (χ1v) is 14.9. The summed E-state index contributed by atoms with van der Waals surface area (Å²) < 4.78 is 0. The second kappa shape index (κ2) is 10.8. The van der Waals surface area contributed by atoms with E-state index < -0.39 is 58.0 Å². The minimum absolute atomic E-state index is 0.00611. The number of ketones is 2. The Balaban J connectivity index is 1.60. The molecule has 0 bridgehead atoms. The van der Waals surface area contributed by atoms with Crippen LogP contribution in [0.15, 0.2) is 34.8 Å². The molecule has 0 spiro atoms. The maximum Gasteiger partial charge on any atom is 0.255 e. The summed E-state index contributed by atoms with van der Waals surface area (Å²) in [5.41, 5.74) is 4.76. The van der Waals surface area contributed by atoms with Gasteiger partial charge in [-0.25, -0.2) is 0 Å². The van der Waals surface area contributed by atoms with Crippen LogP contribution in [0.1, 0.15) is 43.2 Å². The largest absolute Gasteiger partial charge is 0.510 e. The lowest BCUT2D eigenvalue weighted by molar-refractivity contribution is -0.148. The van der Waals surface area contributed by atoms with E-state index in [9.17, 15) is 34.8 Å². The van der Waals surface area contributed by atoms with Crippen molar-refractivity contribution in [2.24, 2.45) is 17.6 Å². The van der Waals surface area contributed by atoms with Crippen LogP contribution in [-0.2, 0) is 29.1 Å². The number of primary amides is 1. The Kier molecular flexibility index (Phi) is 7.70. The van der Waals surface area contributed by atoms with Gasteiger partial charge in [0.05, 0.1) is 11.6 Å². The molecule has 0 radical (unpaired) electrons. The van der Waals surface area contributed by atoms with Crippen molar-refractivity contribution in [2.75, 3.05) is 33.1 Å². The number of fused-ring (bicyclic) bond motifs is 3. The maximum atomic E-state index is 14.2. The Labute approximate surface area is 253 Å². The molecule has 0 aliphatic heterocycles. The number of aryl methyl sites for hydroxylation is 2. The fourth-order valence-electron chi connectivity index (χ4n) is 6.94. The molecule has 4 atom stereocenters. The highest BCUT2D eigenvalue weighted by atomic mass is 32.1. The van der Waals surface area contributed by atoms with Gasteiger partial charge in [0.15, 0.2) is 11.4 Å². The average Bonchev–Trinajstić information content (AvgIpc) is 3.23. The van der Waals surface area contributed by atoms with Crippen molar-refractivity contribution in [3.05, 3.63) is 66.8 Å². The topological polar surface area (TPSA) is 177 Å². The van der Waals surface area contributed by atoms with Gasteiger partial charge in [-0.15, -0.1) is 11.3 Å². The van der Waals surface area contributed by atoms with Gasteiger partial charge in [-0.2, -0.15) is 0 Å². The van der Waals surface area contributed by atoms with Gasteiger partial charge in [-0.1, -0.05) is 0 Å². The molecular weight excluding hydrogens is 572 g/mol. The first kappa shape index (κ1) is 30.7. The number of carbonyl (C=O) groups is 3. The average molecular weight is 611 g/mol. The molecule has 12 heteroatoms. The minimum atomic E-state index is -2.67. The van der Waals surface area contributed by atoms with Crippen molar-refractivity contribution in [2.45, 2.75) is 51.4 Å². The van der Waals surface area contributed by atoms with E-state index in [1.54, 1.807) is 25.4 Å². The Morgan fingerprint density at radius 1 is 1.12 bits per heavy atom. The molecule has 1 aromatic carbocycles. The number of thiophene rings is 1. The molecule has 1 heterocycles. The van der Waals surface area contributed by atoms with Crippen LogP contribution in [0.3, 0.4) is 0 Å². The molecule has 1 aromatic heterocycles. The quantitative estimate of drug-likeness (QED) is 0.255. The molecule has 0 saturated heterocycles. The molecule has 7 N–H and O–H groups in total. The van der Waals surface area contributed by atoms with E-state index in [0.29, 0.717) is 17.7 Å². The van der Waals surface area contributed by atoms with Gasteiger partial charge in [0.25, 0.3) is 5.91 Å². The number of amides is 1. The summed E-state index contributed by atoms with van der Waals surface area (Å²) in [6, 6.07) is 2.92. The molecule has 0 saturated carbocycles. The molecule has 3 aliphatic carbocycles. The monoisotopic (exact) mass is 610 g/mol. The van der Waals surface area contributed by atoms with Gasteiger partial charge in [0, 0.05) is 59.7 Å². The second-order valence-corrected chi connectivity index (χ2v) is 13.5. The highest BCUT2D eigenvalue weighted by Crippen LogP contribution is 2.53. The van der Waals surface area contributed by atoms with Crippen LogP contribution in [0.25, 0.3) is 0 Å². The van der Waals surface area contributed by atoms with E-state index in [0.717, 1.165) is 10.6 Å². The lowest BCUT2D eigenvalue weighted by atomic mass is 9.58. The Bertz CT molecular complexity index is 1600. The number of nitrogens with zero attached hydrogens (tertiary/aromatic N) is 2. The van der Waals surface area contributed by atoms with Crippen LogP contribution in [0, 0.1) is 25.7 Å². The number of aliphatic hydroxyl groups excluding tert-OH is 2. The van der Waals surface area contributed by atoms with Crippen LogP contribution >= 0.6 is 11.3 Å². The van der Waals surface area contributed by atoms with Crippen LogP contribution in [-0.4, -0.2) is 82.6 Å². The summed E-state index contributed by atoms with van der Waals surface area (Å²) in [5, 5.41) is 49.1. The summed E-state index contributed by atoms with van der Waals surface area (Å²) in [5.74, 6) is -6.59. The number of Topliss-reactive ketones (excluding diaryl/α,β-unsaturated/α-hetero) is 2. The van der Waals surface area contributed by atoms with E-state index in [2.05, 4.69) is 25.2 Å². The number of rotatable bonds is 7. The number of nitrogens with one attached hydrogen (secondary N) is 1. The Morgan fingerprint density at radius 2 is 1.79 bits per heavy atom. The van der Waals surface area contributed by atoms with E-state index in [-0.39, 0.29) is 36.3 Å². The van der Waals surface area contributed by atoms with Gasteiger partial charge in [0.1, 0.15) is 22.8 Å². The third-order valence-electron chi connectivity index (χ3n) is 9.09. The van der Waals surface area contributed by atoms with Crippen molar-refractivity contribution in [1.82, 2.24) is 10.2 Å². The Morgan fingerprint density at radius 3 is 2.35 bits per heavy atom.